The van der Waals surface area contributed by atoms with E-state index >= 15 is 0 Å². The van der Waals surface area contributed by atoms with Gasteiger partial charge in [-0.2, -0.15) is 0 Å². The Morgan fingerprint density at radius 3 is 2.38 bits per heavy atom. The summed E-state index contributed by atoms with van der Waals surface area (Å²) in [6.07, 6.45) is 14.4. The van der Waals surface area contributed by atoms with E-state index in [0.29, 0.717) is 16.9 Å². The Bertz CT molecular complexity index is 1300. The molecule has 8 atom stereocenters. The van der Waals surface area contributed by atoms with Gasteiger partial charge in [0.15, 0.2) is 0 Å². The van der Waals surface area contributed by atoms with Gasteiger partial charge in [0.2, 0.25) is 6.79 Å². The van der Waals surface area contributed by atoms with Crippen molar-refractivity contribution in [2.75, 3.05) is 6.79 Å². The number of carbonyl (C=O) groups is 3. The van der Waals surface area contributed by atoms with E-state index in [9.17, 15) is 14.4 Å². The minimum absolute atomic E-state index is 0.0880. The zero-order chi connectivity index (χ0) is 34.5. The highest BCUT2D eigenvalue weighted by Gasteiger charge is 2.59. The van der Waals surface area contributed by atoms with Crippen molar-refractivity contribution in [1.29, 1.82) is 0 Å². The predicted molar refractivity (Wildman–Crippen MR) is 183 cm³/mol. The number of hydrogen-bond donors (Lipinski definition) is 1. The fourth-order valence-corrected chi connectivity index (χ4v) is 10.2. The predicted octanol–water partition coefficient (Wildman–Crippen LogP) is 8.93. The first-order valence-corrected chi connectivity index (χ1v) is 18.5. The van der Waals surface area contributed by atoms with Crippen LogP contribution in [0, 0.1) is 46.3 Å². The lowest BCUT2D eigenvalue weighted by atomic mass is 9.47. The number of ether oxygens (including phenoxy) is 4. The average molecular weight is 667 g/mol. The smallest absolute Gasteiger partial charge is 0.462 e. The molecule has 1 aromatic carbocycles. The van der Waals surface area contributed by atoms with Crippen LogP contribution in [-0.4, -0.2) is 36.1 Å². The summed E-state index contributed by atoms with van der Waals surface area (Å²) in [4.78, 5) is 36.7. The number of allylic oxidation sites excluding steroid dienone is 1. The van der Waals surface area contributed by atoms with Crippen LogP contribution < -0.4 is 4.74 Å². The van der Waals surface area contributed by atoms with Gasteiger partial charge in [0.05, 0.1) is 19.4 Å². The highest BCUT2D eigenvalue weighted by Crippen LogP contribution is 2.67. The Hall–Kier alpha value is -2.87. The second-order valence-corrected chi connectivity index (χ2v) is 16.1. The van der Waals surface area contributed by atoms with E-state index in [4.69, 9.17) is 24.1 Å². The first kappa shape index (κ1) is 36.4. The van der Waals surface area contributed by atoms with Crippen LogP contribution in [0.4, 0.5) is 4.79 Å². The molecule has 48 heavy (non-hydrogen) atoms. The Kier molecular flexibility index (Phi) is 12.0. The fourth-order valence-electron chi connectivity index (χ4n) is 10.2. The van der Waals surface area contributed by atoms with Crippen molar-refractivity contribution in [2.24, 2.45) is 46.3 Å². The van der Waals surface area contributed by atoms with Gasteiger partial charge in [-0.25, -0.2) is 4.79 Å². The zero-order valence-corrected chi connectivity index (χ0v) is 29.8. The Morgan fingerprint density at radius 2 is 1.65 bits per heavy atom. The minimum Gasteiger partial charge on any atom is -0.462 e. The third-order valence-corrected chi connectivity index (χ3v) is 12.8. The molecule has 1 aromatic rings. The lowest BCUT2D eigenvalue weighted by Gasteiger charge is -2.58. The number of rotatable bonds is 13. The van der Waals surface area contributed by atoms with Crippen LogP contribution >= 0.6 is 0 Å². The van der Waals surface area contributed by atoms with Gasteiger partial charge >= 0.3 is 18.1 Å². The Labute approximate surface area is 287 Å². The summed E-state index contributed by atoms with van der Waals surface area (Å²) < 4.78 is 20.6. The molecule has 1 N–H and O–H groups in total. The molecule has 0 spiro atoms. The molecule has 0 bridgehead atoms. The van der Waals surface area contributed by atoms with Crippen LogP contribution in [0.25, 0.3) is 0 Å². The molecule has 266 valence electrons. The van der Waals surface area contributed by atoms with Crippen molar-refractivity contribution in [2.45, 2.75) is 131 Å². The maximum atomic E-state index is 12.7. The molecular formula is C40H58O8. The summed E-state index contributed by atoms with van der Waals surface area (Å²) in [5.74, 6) is 3.92. The normalized spacial score (nSPS) is 31.5. The van der Waals surface area contributed by atoms with E-state index < -0.39 is 24.9 Å². The van der Waals surface area contributed by atoms with E-state index in [0.717, 1.165) is 55.3 Å². The molecule has 0 aliphatic heterocycles. The van der Waals surface area contributed by atoms with E-state index in [1.807, 2.05) is 0 Å². The summed E-state index contributed by atoms with van der Waals surface area (Å²) in [6.45, 7) is 11.6. The van der Waals surface area contributed by atoms with Gasteiger partial charge in [-0.3, -0.25) is 9.59 Å². The lowest BCUT2D eigenvalue weighted by molar-refractivity contribution is -0.159. The molecule has 0 heterocycles. The van der Waals surface area contributed by atoms with Crippen molar-refractivity contribution in [3.8, 4) is 5.75 Å². The van der Waals surface area contributed by atoms with Crippen molar-refractivity contribution >= 4 is 18.1 Å². The zero-order valence-electron chi connectivity index (χ0n) is 29.8. The van der Waals surface area contributed by atoms with Crippen LogP contribution in [-0.2, 0) is 30.4 Å². The number of carbonyl (C=O) groups excluding carboxylic acids is 3. The Morgan fingerprint density at radius 1 is 0.896 bits per heavy atom. The van der Waals surface area contributed by atoms with Gasteiger partial charge < -0.3 is 24.1 Å². The first-order chi connectivity index (χ1) is 22.9. The maximum Gasteiger partial charge on any atom is 0.516 e. The van der Waals surface area contributed by atoms with Crippen molar-refractivity contribution < 1.29 is 38.4 Å². The summed E-state index contributed by atoms with van der Waals surface area (Å²) >= 11 is 0. The molecule has 0 amide bonds. The molecule has 4 aliphatic rings. The first-order valence-electron chi connectivity index (χ1n) is 18.5. The van der Waals surface area contributed by atoms with Gasteiger partial charge in [-0.05, 0) is 109 Å². The molecule has 1 unspecified atom stereocenters. The molecular weight excluding hydrogens is 608 g/mol. The molecule has 3 fully saturated rings. The quantitative estimate of drug-likeness (QED) is 0.0962. The number of hydrogen-bond acceptors (Lipinski definition) is 8. The van der Waals surface area contributed by atoms with E-state index in [1.165, 1.54) is 62.7 Å². The monoisotopic (exact) mass is 666 g/mol. The molecule has 8 heteroatoms. The number of fused-ring (bicyclic) bond motifs is 5. The standard InChI is InChI=1S/C40H58O8/c1-26(2)7-6-8-27(3)33-15-16-34-32-14-11-29-23-31(19-21-39(29,4)35(32)20-22-40(33,34)5)47-37(43)18-17-36(42)45-25-46-38(44)48-30-12-9-28(24-41)10-13-30/h9-13,26-27,31-35,41H,6-8,14-25H2,1-5H3/t27-,31+,32+,33-,34+,35?,39+,40-/m1/s1. The van der Waals surface area contributed by atoms with Crippen LogP contribution in [0.3, 0.4) is 0 Å². The van der Waals surface area contributed by atoms with Crippen LogP contribution in [0.5, 0.6) is 5.75 Å². The van der Waals surface area contributed by atoms with Crippen molar-refractivity contribution in [1.82, 2.24) is 0 Å². The average Bonchev–Trinajstić information content (AvgIpc) is 3.41. The van der Waals surface area contributed by atoms with E-state index in [-0.39, 0.29) is 36.7 Å². The SMILES string of the molecule is CC(C)CCC[C@@H](C)[C@H]1CC[C@H]2[C@@H]3CC=C4C[C@@H](OC(=O)CCC(=O)OCOC(=O)Oc5ccc(CO)cc5)CC[C@]4(C)C3CC[C@]12C. The van der Waals surface area contributed by atoms with Gasteiger partial charge in [0.25, 0.3) is 0 Å². The second kappa shape index (κ2) is 15.8. The summed E-state index contributed by atoms with van der Waals surface area (Å²) in [5.41, 5.74) is 2.80. The number of esters is 2. The summed E-state index contributed by atoms with van der Waals surface area (Å²) in [7, 11) is 0. The topological polar surface area (TPSA) is 108 Å². The van der Waals surface area contributed by atoms with Crippen molar-refractivity contribution in [3.05, 3.63) is 41.5 Å². The number of benzene rings is 1. The molecule has 8 nitrogen and oxygen atoms in total. The lowest BCUT2D eigenvalue weighted by Crippen LogP contribution is -2.51. The van der Waals surface area contributed by atoms with Crippen LogP contribution in [0.15, 0.2) is 35.9 Å². The van der Waals surface area contributed by atoms with Gasteiger partial charge in [0.1, 0.15) is 11.9 Å². The summed E-state index contributed by atoms with van der Waals surface area (Å²) in [5, 5.41) is 9.09. The van der Waals surface area contributed by atoms with E-state index in [1.54, 1.807) is 12.1 Å². The van der Waals surface area contributed by atoms with Gasteiger partial charge in [-0.15, -0.1) is 0 Å². The van der Waals surface area contributed by atoms with Gasteiger partial charge in [-0.1, -0.05) is 77.7 Å². The van der Waals surface area contributed by atoms with Gasteiger partial charge in [0, 0.05) is 6.42 Å². The van der Waals surface area contributed by atoms with Crippen molar-refractivity contribution in [3.63, 3.8) is 0 Å². The number of aliphatic hydroxyl groups excluding tert-OH is 1. The summed E-state index contributed by atoms with van der Waals surface area (Å²) in [6, 6.07) is 6.26. The highest BCUT2D eigenvalue weighted by atomic mass is 16.8. The Balaban J connectivity index is 1.04. The molecule has 0 radical (unpaired) electrons. The minimum atomic E-state index is -1.02. The number of aliphatic hydroxyl groups is 1. The third-order valence-electron chi connectivity index (χ3n) is 12.8. The highest BCUT2D eigenvalue weighted by molar-refractivity contribution is 5.77. The molecule has 0 aromatic heterocycles. The molecule has 0 saturated heterocycles. The third kappa shape index (κ3) is 8.28. The largest absolute Gasteiger partial charge is 0.516 e. The molecule has 3 saturated carbocycles. The van der Waals surface area contributed by atoms with E-state index in [2.05, 4.69) is 40.7 Å². The molecule has 4 aliphatic carbocycles. The maximum absolute atomic E-state index is 12.7. The fraction of sp³-hybridized carbons (Fsp3) is 0.725. The second-order valence-electron chi connectivity index (χ2n) is 16.1. The molecule has 5 rings (SSSR count). The van der Waals surface area contributed by atoms with Crippen LogP contribution in [0.1, 0.15) is 124 Å². The van der Waals surface area contributed by atoms with Crippen LogP contribution in [0.2, 0.25) is 0 Å².